The number of hydrogen-bond donors (Lipinski definition) is 0. The Labute approximate surface area is 99.1 Å². The molecule has 0 N–H and O–H groups in total. The highest BCUT2D eigenvalue weighted by atomic mass is 32.2. The molecule has 0 aromatic heterocycles. The molecule has 1 saturated heterocycles. The SMILES string of the molecule is C[C@@H]1CO[C@@H](COC(=O)c2ccccc2)S1. The van der Waals surface area contributed by atoms with Crippen LogP contribution in [0.25, 0.3) is 0 Å². The van der Waals surface area contributed by atoms with Crippen molar-refractivity contribution in [1.29, 1.82) is 0 Å². The Morgan fingerprint density at radius 2 is 2.25 bits per heavy atom. The number of benzene rings is 1. The lowest BCUT2D eigenvalue weighted by molar-refractivity contribution is 0.0287. The summed E-state index contributed by atoms with van der Waals surface area (Å²) in [5.41, 5.74) is 0.571. The number of ether oxygens (including phenoxy) is 2. The molecule has 0 spiro atoms. The highest BCUT2D eigenvalue weighted by Crippen LogP contribution is 2.26. The predicted octanol–water partition coefficient (Wildman–Crippen LogP) is 2.32. The van der Waals surface area contributed by atoms with Gasteiger partial charge in [0, 0.05) is 5.25 Å². The summed E-state index contributed by atoms with van der Waals surface area (Å²) in [6, 6.07) is 8.99. The minimum Gasteiger partial charge on any atom is -0.458 e. The third-order valence-corrected chi connectivity index (χ3v) is 3.44. The number of rotatable bonds is 3. The van der Waals surface area contributed by atoms with Crippen LogP contribution in [-0.2, 0) is 9.47 Å². The van der Waals surface area contributed by atoms with E-state index < -0.39 is 0 Å². The van der Waals surface area contributed by atoms with Crippen molar-refractivity contribution in [3.05, 3.63) is 35.9 Å². The molecule has 1 aromatic carbocycles. The maximum atomic E-state index is 11.6. The Hall–Kier alpha value is -1.00. The van der Waals surface area contributed by atoms with Crippen LogP contribution in [-0.4, -0.2) is 29.9 Å². The second-order valence-electron chi connectivity index (χ2n) is 3.67. The Bertz CT molecular complexity index is 353. The van der Waals surface area contributed by atoms with Crippen molar-refractivity contribution < 1.29 is 14.3 Å². The molecule has 0 amide bonds. The van der Waals surface area contributed by atoms with E-state index in [1.165, 1.54) is 0 Å². The summed E-state index contributed by atoms with van der Waals surface area (Å²) in [5, 5.41) is 0.487. The van der Waals surface area contributed by atoms with E-state index in [0.717, 1.165) is 6.61 Å². The van der Waals surface area contributed by atoms with Gasteiger partial charge in [0.1, 0.15) is 12.0 Å². The van der Waals surface area contributed by atoms with Gasteiger partial charge in [0.2, 0.25) is 0 Å². The first-order valence-electron chi connectivity index (χ1n) is 5.25. The van der Waals surface area contributed by atoms with Crippen molar-refractivity contribution in [3.8, 4) is 0 Å². The Morgan fingerprint density at radius 1 is 1.50 bits per heavy atom. The molecule has 0 saturated carbocycles. The van der Waals surface area contributed by atoms with Crippen molar-refractivity contribution in [1.82, 2.24) is 0 Å². The van der Waals surface area contributed by atoms with Crippen LogP contribution >= 0.6 is 11.8 Å². The fourth-order valence-electron chi connectivity index (χ4n) is 1.47. The number of esters is 1. The summed E-state index contributed by atoms with van der Waals surface area (Å²) in [5.74, 6) is -0.288. The molecule has 0 bridgehead atoms. The first kappa shape index (κ1) is 11.5. The zero-order valence-corrected chi connectivity index (χ0v) is 9.91. The summed E-state index contributed by atoms with van der Waals surface area (Å²) >= 11 is 1.70. The monoisotopic (exact) mass is 238 g/mol. The number of hydrogen-bond acceptors (Lipinski definition) is 4. The largest absolute Gasteiger partial charge is 0.458 e. The van der Waals surface area contributed by atoms with Gasteiger partial charge in [-0.25, -0.2) is 4.79 Å². The number of thioether (sulfide) groups is 1. The second kappa shape index (κ2) is 5.37. The van der Waals surface area contributed by atoms with Crippen molar-refractivity contribution in [2.75, 3.05) is 13.2 Å². The summed E-state index contributed by atoms with van der Waals surface area (Å²) < 4.78 is 10.6. The molecule has 1 aliphatic heterocycles. The molecule has 1 aliphatic rings. The lowest BCUT2D eigenvalue weighted by Crippen LogP contribution is -2.15. The van der Waals surface area contributed by atoms with Gasteiger partial charge < -0.3 is 9.47 Å². The average Bonchev–Trinajstić information content (AvgIpc) is 2.73. The van der Waals surface area contributed by atoms with Gasteiger partial charge in [-0.2, -0.15) is 0 Å². The van der Waals surface area contributed by atoms with Crippen LogP contribution in [0, 0.1) is 0 Å². The van der Waals surface area contributed by atoms with Gasteiger partial charge in [-0.1, -0.05) is 25.1 Å². The van der Waals surface area contributed by atoms with Crippen molar-refractivity contribution >= 4 is 17.7 Å². The molecule has 3 nitrogen and oxygen atoms in total. The highest BCUT2D eigenvalue weighted by molar-refractivity contribution is 8.00. The van der Waals surface area contributed by atoms with Crippen molar-refractivity contribution in [3.63, 3.8) is 0 Å². The van der Waals surface area contributed by atoms with E-state index in [4.69, 9.17) is 9.47 Å². The molecular weight excluding hydrogens is 224 g/mol. The lowest BCUT2D eigenvalue weighted by atomic mass is 10.2. The van der Waals surface area contributed by atoms with Crippen LogP contribution in [0.1, 0.15) is 17.3 Å². The van der Waals surface area contributed by atoms with Crippen LogP contribution in [0.5, 0.6) is 0 Å². The smallest absolute Gasteiger partial charge is 0.338 e. The van der Waals surface area contributed by atoms with Crippen LogP contribution in [0.3, 0.4) is 0 Å². The Kier molecular flexibility index (Phi) is 3.85. The Morgan fingerprint density at radius 3 is 2.88 bits per heavy atom. The van der Waals surface area contributed by atoms with E-state index in [0.29, 0.717) is 17.4 Å². The predicted molar refractivity (Wildman–Crippen MR) is 63.5 cm³/mol. The third-order valence-electron chi connectivity index (χ3n) is 2.26. The molecular formula is C12H14O3S. The molecule has 86 valence electrons. The highest BCUT2D eigenvalue weighted by Gasteiger charge is 2.23. The van der Waals surface area contributed by atoms with Crippen molar-refractivity contribution in [2.45, 2.75) is 17.6 Å². The number of carbonyl (C=O) groups is 1. The summed E-state index contributed by atoms with van der Waals surface area (Å²) in [6.45, 7) is 3.16. The molecule has 0 unspecified atom stereocenters. The van der Waals surface area contributed by atoms with Gasteiger partial charge in [-0.15, -0.1) is 11.8 Å². The van der Waals surface area contributed by atoms with E-state index in [2.05, 4.69) is 6.92 Å². The maximum absolute atomic E-state index is 11.6. The molecule has 2 rings (SSSR count). The van der Waals surface area contributed by atoms with Gasteiger partial charge in [0.25, 0.3) is 0 Å². The molecule has 0 radical (unpaired) electrons. The molecule has 0 aliphatic carbocycles. The molecule has 2 atom stereocenters. The van der Waals surface area contributed by atoms with E-state index in [9.17, 15) is 4.79 Å². The third kappa shape index (κ3) is 3.00. The van der Waals surface area contributed by atoms with E-state index in [-0.39, 0.29) is 11.4 Å². The van der Waals surface area contributed by atoms with Crippen LogP contribution in [0.2, 0.25) is 0 Å². The fourth-order valence-corrected chi connectivity index (χ4v) is 2.45. The quantitative estimate of drug-likeness (QED) is 0.757. The van der Waals surface area contributed by atoms with Gasteiger partial charge in [0.05, 0.1) is 12.2 Å². The molecule has 1 fully saturated rings. The first-order chi connectivity index (χ1) is 7.75. The Balaban J connectivity index is 1.80. The van der Waals surface area contributed by atoms with Gasteiger partial charge in [0.15, 0.2) is 0 Å². The molecule has 1 aromatic rings. The van der Waals surface area contributed by atoms with Gasteiger partial charge in [-0.05, 0) is 12.1 Å². The van der Waals surface area contributed by atoms with Crippen LogP contribution in [0.4, 0.5) is 0 Å². The lowest BCUT2D eigenvalue weighted by Gasteiger charge is -2.09. The molecule has 4 heteroatoms. The summed E-state index contributed by atoms with van der Waals surface area (Å²) in [4.78, 5) is 11.6. The average molecular weight is 238 g/mol. The fraction of sp³-hybridized carbons (Fsp3) is 0.417. The normalized spacial score (nSPS) is 24.3. The van der Waals surface area contributed by atoms with E-state index >= 15 is 0 Å². The summed E-state index contributed by atoms with van der Waals surface area (Å²) in [6.07, 6.45) is 0. The van der Waals surface area contributed by atoms with Gasteiger partial charge >= 0.3 is 5.97 Å². The molecule has 16 heavy (non-hydrogen) atoms. The minimum absolute atomic E-state index is 0.0114. The zero-order chi connectivity index (χ0) is 11.4. The van der Waals surface area contributed by atoms with Crippen molar-refractivity contribution in [2.24, 2.45) is 0 Å². The van der Waals surface area contributed by atoms with Crippen LogP contribution < -0.4 is 0 Å². The van der Waals surface area contributed by atoms with E-state index in [1.807, 2.05) is 18.2 Å². The van der Waals surface area contributed by atoms with Gasteiger partial charge in [-0.3, -0.25) is 0 Å². The van der Waals surface area contributed by atoms with E-state index in [1.54, 1.807) is 23.9 Å². The first-order valence-corrected chi connectivity index (χ1v) is 6.19. The maximum Gasteiger partial charge on any atom is 0.338 e. The number of carbonyl (C=O) groups excluding carboxylic acids is 1. The second-order valence-corrected chi connectivity index (χ2v) is 5.28. The minimum atomic E-state index is -0.288. The zero-order valence-electron chi connectivity index (χ0n) is 9.09. The standard InChI is InChI=1S/C12H14O3S/c1-9-7-14-11(16-9)8-15-12(13)10-5-3-2-4-6-10/h2-6,9,11H,7-8H2,1H3/t9-,11-/m1/s1. The topological polar surface area (TPSA) is 35.5 Å². The molecule has 1 heterocycles. The summed E-state index contributed by atoms with van der Waals surface area (Å²) in [7, 11) is 0. The van der Waals surface area contributed by atoms with Crippen LogP contribution in [0.15, 0.2) is 30.3 Å².